The molecule has 23 heavy (non-hydrogen) atoms. The molecule has 1 aromatic carbocycles. The zero-order chi connectivity index (χ0) is 16.9. The van der Waals surface area contributed by atoms with Crippen LogP contribution in [-0.2, 0) is 6.42 Å². The average Bonchev–Trinajstić information content (AvgIpc) is 2.48. The number of benzene rings is 1. The zero-order valence-electron chi connectivity index (χ0n) is 12.7. The van der Waals surface area contributed by atoms with E-state index in [9.17, 15) is 23.1 Å². The molecule has 1 aromatic rings. The second-order valence-corrected chi connectivity index (χ2v) is 5.88. The van der Waals surface area contributed by atoms with Crippen LogP contribution in [0.2, 0.25) is 0 Å². The van der Waals surface area contributed by atoms with Gasteiger partial charge in [0.25, 0.3) is 0 Å². The number of carbonyl (C=O) groups is 1. The molecule has 2 amide bonds. The van der Waals surface area contributed by atoms with E-state index in [1.165, 1.54) is 18.2 Å². The molecule has 2 unspecified atom stereocenters. The molecule has 0 bridgehead atoms. The number of para-hydroxylation sites is 1. The molecule has 128 valence electrons. The topological polar surface area (TPSA) is 61.4 Å². The molecule has 0 saturated heterocycles. The minimum atomic E-state index is -4.33. The van der Waals surface area contributed by atoms with Crippen LogP contribution in [0.3, 0.4) is 0 Å². The predicted octanol–water partition coefficient (Wildman–Crippen LogP) is 3.46. The van der Waals surface area contributed by atoms with Crippen LogP contribution in [-0.4, -0.2) is 30.0 Å². The smallest absolute Gasteiger partial charge is 0.393 e. The zero-order valence-corrected chi connectivity index (χ0v) is 12.7. The van der Waals surface area contributed by atoms with Crippen molar-refractivity contribution in [3.8, 4) is 0 Å². The molecule has 4 nitrogen and oxygen atoms in total. The van der Waals surface area contributed by atoms with Gasteiger partial charge in [-0.25, -0.2) is 4.79 Å². The molecule has 0 aromatic heterocycles. The maximum atomic E-state index is 12.6. The highest BCUT2D eigenvalue weighted by atomic mass is 19.4. The first-order chi connectivity index (χ1) is 10.9. The Kier molecular flexibility index (Phi) is 5.87. The summed E-state index contributed by atoms with van der Waals surface area (Å²) in [4.78, 5) is 12.1. The van der Waals surface area contributed by atoms with Crippen molar-refractivity contribution >= 4 is 11.7 Å². The van der Waals surface area contributed by atoms with Gasteiger partial charge in [0.15, 0.2) is 0 Å². The van der Waals surface area contributed by atoms with Gasteiger partial charge < -0.3 is 15.7 Å². The number of halogens is 3. The van der Waals surface area contributed by atoms with Crippen molar-refractivity contribution in [3.63, 3.8) is 0 Å². The summed E-state index contributed by atoms with van der Waals surface area (Å²) in [6, 6.07) is 5.19. The lowest BCUT2D eigenvalue weighted by Crippen LogP contribution is -2.45. The highest BCUT2D eigenvalue weighted by Gasteiger charge is 2.29. The Morgan fingerprint density at radius 2 is 1.91 bits per heavy atom. The fraction of sp³-hybridized carbons (Fsp3) is 0.562. The van der Waals surface area contributed by atoms with Crippen molar-refractivity contribution in [1.29, 1.82) is 0 Å². The third kappa shape index (κ3) is 5.42. The van der Waals surface area contributed by atoms with E-state index < -0.39 is 18.6 Å². The minimum absolute atomic E-state index is 0.0000751. The highest BCUT2D eigenvalue weighted by molar-refractivity contribution is 5.90. The van der Waals surface area contributed by atoms with Crippen LogP contribution in [0.5, 0.6) is 0 Å². The van der Waals surface area contributed by atoms with Gasteiger partial charge in [-0.1, -0.05) is 31.0 Å². The quantitative estimate of drug-likeness (QED) is 0.792. The molecular formula is C16H21F3N2O2. The molecule has 0 heterocycles. The summed E-state index contributed by atoms with van der Waals surface area (Å²) < 4.78 is 37.7. The van der Waals surface area contributed by atoms with Crippen LogP contribution in [0.25, 0.3) is 0 Å². The maximum absolute atomic E-state index is 12.6. The van der Waals surface area contributed by atoms with Crippen LogP contribution in [0.1, 0.15) is 31.2 Å². The molecule has 1 saturated carbocycles. The van der Waals surface area contributed by atoms with Gasteiger partial charge in [-0.05, 0) is 24.5 Å². The second-order valence-electron chi connectivity index (χ2n) is 5.88. The molecule has 2 rings (SSSR count). The number of carbonyl (C=O) groups excluding carboxylic acids is 1. The van der Waals surface area contributed by atoms with Crippen LogP contribution in [0.15, 0.2) is 24.3 Å². The van der Waals surface area contributed by atoms with Gasteiger partial charge in [-0.15, -0.1) is 0 Å². The van der Waals surface area contributed by atoms with E-state index in [-0.39, 0.29) is 29.8 Å². The number of hydrogen-bond donors (Lipinski definition) is 3. The molecule has 0 aliphatic heterocycles. The van der Waals surface area contributed by atoms with Crippen molar-refractivity contribution < 1.29 is 23.1 Å². The van der Waals surface area contributed by atoms with Gasteiger partial charge in [-0.2, -0.15) is 13.2 Å². The molecule has 2 atom stereocenters. The first kappa shape index (κ1) is 17.6. The molecular weight excluding hydrogens is 309 g/mol. The Labute approximate surface area is 133 Å². The number of aliphatic hydroxyl groups excluding tert-OH is 1. The van der Waals surface area contributed by atoms with E-state index in [1.54, 1.807) is 6.07 Å². The van der Waals surface area contributed by atoms with Crippen LogP contribution >= 0.6 is 0 Å². The lowest BCUT2D eigenvalue weighted by atomic mass is 9.85. The third-order valence-electron chi connectivity index (χ3n) is 4.12. The monoisotopic (exact) mass is 330 g/mol. The number of nitrogens with one attached hydrogen (secondary N) is 2. The van der Waals surface area contributed by atoms with Gasteiger partial charge in [0.05, 0.1) is 6.42 Å². The van der Waals surface area contributed by atoms with Crippen molar-refractivity contribution in [3.05, 3.63) is 29.8 Å². The van der Waals surface area contributed by atoms with Gasteiger partial charge in [-0.3, -0.25) is 0 Å². The van der Waals surface area contributed by atoms with E-state index in [1.807, 2.05) is 0 Å². The van der Waals surface area contributed by atoms with Crippen molar-refractivity contribution in [1.82, 2.24) is 5.32 Å². The fourth-order valence-electron chi connectivity index (χ4n) is 2.96. The normalized spacial score (nSPS) is 21.7. The lowest BCUT2D eigenvalue weighted by molar-refractivity contribution is -0.127. The average molecular weight is 330 g/mol. The summed E-state index contributed by atoms with van der Waals surface area (Å²) in [7, 11) is 0. The molecule has 0 spiro atoms. The molecule has 3 N–H and O–H groups in total. The largest absolute Gasteiger partial charge is 0.396 e. The third-order valence-corrected chi connectivity index (χ3v) is 4.12. The summed E-state index contributed by atoms with van der Waals surface area (Å²) >= 11 is 0. The molecule has 1 aliphatic rings. The van der Waals surface area contributed by atoms with Gasteiger partial charge in [0.1, 0.15) is 0 Å². The Hall–Kier alpha value is -1.76. The standard InChI is InChI=1S/C16H21F3N2O2/c17-16(18,19)9-11-5-1-3-7-13(11)20-15(23)21-14-8-4-2-6-12(14)10-22/h1,3,5,7,12,14,22H,2,4,6,8-10H2,(H2,20,21,23). The maximum Gasteiger partial charge on any atom is 0.393 e. The Morgan fingerprint density at radius 1 is 1.22 bits per heavy atom. The SMILES string of the molecule is O=C(Nc1ccccc1CC(F)(F)F)NC1CCCCC1CO. The van der Waals surface area contributed by atoms with E-state index in [2.05, 4.69) is 10.6 Å². The number of alkyl halides is 3. The van der Waals surface area contributed by atoms with Crippen LogP contribution < -0.4 is 10.6 Å². The molecule has 1 aliphatic carbocycles. The second kappa shape index (κ2) is 7.68. The lowest BCUT2D eigenvalue weighted by Gasteiger charge is -2.30. The Bertz CT molecular complexity index is 534. The van der Waals surface area contributed by atoms with Gasteiger partial charge in [0, 0.05) is 24.3 Å². The summed E-state index contributed by atoms with van der Waals surface area (Å²) in [6.45, 7) is -0.00436. The van der Waals surface area contributed by atoms with E-state index in [4.69, 9.17) is 0 Å². The number of urea groups is 1. The number of rotatable bonds is 4. The minimum Gasteiger partial charge on any atom is -0.396 e. The highest BCUT2D eigenvalue weighted by Crippen LogP contribution is 2.27. The van der Waals surface area contributed by atoms with E-state index in [0.717, 1.165) is 25.7 Å². The molecule has 7 heteroatoms. The summed E-state index contributed by atoms with van der Waals surface area (Å²) in [5, 5.41) is 14.6. The predicted molar refractivity (Wildman–Crippen MR) is 81.2 cm³/mol. The Morgan fingerprint density at radius 3 is 2.61 bits per heavy atom. The number of aliphatic hydroxyl groups is 1. The van der Waals surface area contributed by atoms with Crippen LogP contribution in [0, 0.1) is 5.92 Å². The summed E-state index contributed by atoms with van der Waals surface area (Å²) in [6.07, 6.45) is -1.84. The fourth-order valence-corrected chi connectivity index (χ4v) is 2.96. The first-order valence-corrected chi connectivity index (χ1v) is 7.72. The summed E-state index contributed by atoms with van der Waals surface area (Å²) in [5.41, 5.74) is 0.177. The molecule has 1 fully saturated rings. The van der Waals surface area contributed by atoms with Gasteiger partial charge >= 0.3 is 12.2 Å². The summed E-state index contributed by atoms with van der Waals surface area (Å²) in [5.74, 6) is -0.0000751. The van der Waals surface area contributed by atoms with E-state index in [0.29, 0.717) is 0 Å². The van der Waals surface area contributed by atoms with Crippen molar-refractivity contribution in [2.24, 2.45) is 5.92 Å². The number of hydrogen-bond acceptors (Lipinski definition) is 2. The van der Waals surface area contributed by atoms with Crippen molar-refractivity contribution in [2.45, 2.75) is 44.3 Å². The Balaban J connectivity index is 2.00. The number of anilines is 1. The molecule has 0 radical (unpaired) electrons. The van der Waals surface area contributed by atoms with Crippen LogP contribution in [0.4, 0.5) is 23.7 Å². The van der Waals surface area contributed by atoms with Gasteiger partial charge in [0.2, 0.25) is 0 Å². The number of amides is 2. The van der Waals surface area contributed by atoms with E-state index >= 15 is 0 Å². The van der Waals surface area contributed by atoms with Crippen molar-refractivity contribution in [2.75, 3.05) is 11.9 Å². The first-order valence-electron chi connectivity index (χ1n) is 7.72.